The fourth-order valence-electron chi connectivity index (χ4n) is 4.44. The van der Waals surface area contributed by atoms with Crippen LogP contribution in [0.2, 0.25) is 0 Å². The van der Waals surface area contributed by atoms with Gasteiger partial charge in [-0.15, -0.1) is 0 Å². The lowest BCUT2D eigenvalue weighted by molar-refractivity contribution is -0.130. The average Bonchev–Trinajstić information content (AvgIpc) is 3.27. The van der Waals surface area contributed by atoms with Crippen LogP contribution in [0.15, 0.2) is 54.6 Å². The number of imide groups is 1. The van der Waals surface area contributed by atoms with Gasteiger partial charge in [0.15, 0.2) is 5.78 Å². The average molecular weight is 471 g/mol. The van der Waals surface area contributed by atoms with Gasteiger partial charge in [-0.05, 0) is 75.7 Å². The Bertz CT molecular complexity index is 1350. The molecule has 1 atom stereocenters. The Hall–Kier alpha value is -4.38. The summed E-state index contributed by atoms with van der Waals surface area (Å²) < 4.78 is 7.46. The molecule has 4 rings (SSSR count). The highest BCUT2D eigenvalue weighted by Gasteiger charge is 2.49. The van der Waals surface area contributed by atoms with Crippen LogP contribution in [0.4, 0.5) is 4.79 Å². The minimum Gasteiger partial charge on any atom is -0.494 e. The van der Waals surface area contributed by atoms with Crippen LogP contribution in [0.3, 0.4) is 0 Å². The first kappa shape index (κ1) is 23.8. The monoisotopic (exact) mass is 470 g/mol. The van der Waals surface area contributed by atoms with Gasteiger partial charge in [0.05, 0.1) is 24.8 Å². The SMILES string of the molecule is CCOc1ccc(-n2c(C)cc(C(=O)CN3C(=O)NC(C)(c4ccc(C#N)cc4)C3=O)c2C)cc1. The number of amides is 3. The molecule has 178 valence electrons. The molecule has 1 aliphatic heterocycles. The zero-order valence-corrected chi connectivity index (χ0v) is 20.1. The maximum atomic E-state index is 13.2. The van der Waals surface area contributed by atoms with Crippen molar-refractivity contribution in [2.75, 3.05) is 13.2 Å². The second-order valence-corrected chi connectivity index (χ2v) is 8.61. The number of carbonyl (C=O) groups is 3. The normalized spacial score (nSPS) is 17.3. The molecule has 8 heteroatoms. The molecule has 0 aliphatic carbocycles. The van der Waals surface area contributed by atoms with Crippen molar-refractivity contribution in [2.45, 2.75) is 33.2 Å². The summed E-state index contributed by atoms with van der Waals surface area (Å²) >= 11 is 0. The van der Waals surface area contributed by atoms with E-state index in [1.165, 1.54) is 0 Å². The number of aryl methyl sites for hydroxylation is 1. The minimum absolute atomic E-state index is 0.331. The third-order valence-corrected chi connectivity index (χ3v) is 6.31. The molecule has 2 aromatic carbocycles. The van der Waals surface area contributed by atoms with Crippen molar-refractivity contribution in [1.82, 2.24) is 14.8 Å². The molecule has 1 fully saturated rings. The first-order valence-corrected chi connectivity index (χ1v) is 11.3. The molecule has 8 nitrogen and oxygen atoms in total. The topological polar surface area (TPSA) is 104 Å². The van der Waals surface area contributed by atoms with Crippen LogP contribution in [0.5, 0.6) is 5.75 Å². The van der Waals surface area contributed by atoms with Gasteiger partial charge in [-0.2, -0.15) is 5.26 Å². The summed E-state index contributed by atoms with van der Waals surface area (Å²) in [5, 5.41) is 11.7. The number of hydrogen-bond donors (Lipinski definition) is 1. The Labute approximate surface area is 203 Å². The van der Waals surface area contributed by atoms with E-state index < -0.39 is 17.5 Å². The number of nitriles is 1. The maximum Gasteiger partial charge on any atom is 0.325 e. The van der Waals surface area contributed by atoms with Crippen LogP contribution in [0, 0.1) is 25.2 Å². The Morgan fingerprint density at radius 1 is 1.09 bits per heavy atom. The third kappa shape index (κ3) is 4.17. The number of benzene rings is 2. The van der Waals surface area contributed by atoms with E-state index in [0.717, 1.165) is 27.7 Å². The minimum atomic E-state index is -1.31. The first-order valence-electron chi connectivity index (χ1n) is 11.3. The number of ether oxygens (including phenoxy) is 1. The lowest BCUT2D eigenvalue weighted by Gasteiger charge is -2.22. The van der Waals surface area contributed by atoms with E-state index in [-0.39, 0.29) is 12.3 Å². The molecule has 0 radical (unpaired) electrons. The van der Waals surface area contributed by atoms with Crippen LogP contribution in [0.25, 0.3) is 5.69 Å². The smallest absolute Gasteiger partial charge is 0.325 e. The van der Waals surface area contributed by atoms with Gasteiger partial charge in [-0.25, -0.2) is 4.79 Å². The van der Waals surface area contributed by atoms with Gasteiger partial charge in [-0.3, -0.25) is 14.5 Å². The number of nitrogens with one attached hydrogen (secondary N) is 1. The van der Waals surface area contributed by atoms with Crippen molar-refractivity contribution in [2.24, 2.45) is 0 Å². The van der Waals surface area contributed by atoms with E-state index in [2.05, 4.69) is 5.32 Å². The summed E-state index contributed by atoms with van der Waals surface area (Å²) in [6, 6.07) is 17.2. The molecule has 0 bridgehead atoms. The number of ketones is 1. The lowest BCUT2D eigenvalue weighted by Crippen LogP contribution is -2.41. The summed E-state index contributed by atoms with van der Waals surface area (Å²) in [6.45, 7) is 7.46. The number of aromatic nitrogens is 1. The number of Topliss-reactive ketones (excluding diaryl/α,β-unsaturated/α-hetero) is 1. The number of carbonyl (C=O) groups excluding carboxylic acids is 3. The number of urea groups is 1. The van der Waals surface area contributed by atoms with Crippen LogP contribution in [-0.2, 0) is 10.3 Å². The summed E-state index contributed by atoms with van der Waals surface area (Å²) in [7, 11) is 0. The number of hydrogen-bond acceptors (Lipinski definition) is 5. The van der Waals surface area contributed by atoms with Crippen molar-refractivity contribution in [1.29, 1.82) is 5.26 Å². The Morgan fingerprint density at radius 3 is 2.34 bits per heavy atom. The summed E-state index contributed by atoms with van der Waals surface area (Å²) in [5.74, 6) is -0.0809. The highest BCUT2D eigenvalue weighted by atomic mass is 16.5. The highest BCUT2D eigenvalue weighted by Crippen LogP contribution is 2.30. The van der Waals surface area contributed by atoms with Crippen molar-refractivity contribution in [3.8, 4) is 17.5 Å². The summed E-state index contributed by atoms with van der Waals surface area (Å²) in [4.78, 5) is 40.1. The first-order chi connectivity index (χ1) is 16.7. The fraction of sp³-hybridized carbons (Fsp3) is 0.259. The molecular weight excluding hydrogens is 444 g/mol. The van der Waals surface area contributed by atoms with Gasteiger partial charge in [0.1, 0.15) is 11.3 Å². The number of nitrogens with zero attached hydrogens (tertiary/aromatic N) is 3. The van der Waals surface area contributed by atoms with Crippen LogP contribution < -0.4 is 10.1 Å². The van der Waals surface area contributed by atoms with E-state index >= 15 is 0 Å². The molecule has 1 N–H and O–H groups in total. The van der Waals surface area contributed by atoms with Gasteiger partial charge in [-0.1, -0.05) is 12.1 Å². The molecule has 1 aromatic heterocycles. The van der Waals surface area contributed by atoms with E-state index in [1.807, 2.05) is 55.7 Å². The van der Waals surface area contributed by atoms with Crippen molar-refractivity contribution < 1.29 is 19.1 Å². The predicted octanol–water partition coefficient (Wildman–Crippen LogP) is 4.01. The molecule has 0 spiro atoms. The molecule has 35 heavy (non-hydrogen) atoms. The van der Waals surface area contributed by atoms with Crippen LogP contribution >= 0.6 is 0 Å². The Morgan fingerprint density at radius 2 is 1.74 bits per heavy atom. The molecule has 0 saturated carbocycles. The quantitative estimate of drug-likeness (QED) is 0.415. The summed E-state index contributed by atoms with van der Waals surface area (Å²) in [6.07, 6.45) is 0. The van der Waals surface area contributed by atoms with Gasteiger partial charge >= 0.3 is 6.03 Å². The van der Waals surface area contributed by atoms with E-state index in [4.69, 9.17) is 10.00 Å². The second kappa shape index (κ2) is 9.11. The maximum absolute atomic E-state index is 13.2. The fourth-order valence-corrected chi connectivity index (χ4v) is 4.44. The largest absolute Gasteiger partial charge is 0.494 e. The van der Waals surface area contributed by atoms with E-state index in [9.17, 15) is 14.4 Å². The molecular formula is C27H26N4O4. The molecule has 1 aliphatic rings. The van der Waals surface area contributed by atoms with Gasteiger partial charge < -0.3 is 14.6 Å². The van der Waals surface area contributed by atoms with E-state index in [1.54, 1.807) is 37.3 Å². The Kier molecular flexibility index (Phi) is 6.18. The van der Waals surface area contributed by atoms with Crippen molar-refractivity contribution in [3.63, 3.8) is 0 Å². The number of rotatable bonds is 7. The molecule has 3 amide bonds. The highest BCUT2D eigenvalue weighted by molar-refractivity contribution is 6.11. The Balaban J connectivity index is 1.57. The molecule has 1 unspecified atom stereocenters. The standard InChI is InChI=1S/C27H26N4O4/c1-5-35-22-12-10-21(11-13-22)31-17(2)14-23(18(31)3)24(32)16-30-25(33)27(4,29-26(30)34)20-8-6-19(15-28)7-9-20/h6-14H,5,16H2,1-4H3,(H,29,34). The zero-order chi connectivity index (χ0) is 25.3. The lowest BCUT2D eigenvalue weighted by atomic mass is 9.91. The van der Waals surface area contributed by atoms with Gasteiger partial charge in [0.2, 0.25) is 0 Å². The van der Waals surface area contributed by atoms with E-state index in [0.29, 0.717) is 23.3 Å². The van der Waals surface area contributed by atoms with Gasteiger partial charge in [0, 0.05) is 22.6 Å². The van der Waals surface area contributed by atoms with Crippen molar-refractivity contribution in [3.05, 3.63) is 82.7 Å². The van der Waals surface area contributed by atoms with Gasteiger partial charge in [0.25, 0.3) is 5.91 Å². The second-order valence-electron chi connectivity index (χ2n) is 8.61. The molecule has 1 saturated heterocycles. The molecule has 2 heterocycles. The third-order valence-electron chi connectivity index (χ3n) is 6.31. The predicted molar refractivity (Wildman–Crippen MR) is 129 cm³/mol. The van der Waals surface area contributed by atoms with Crippen LogP contribution in [0.1, 0.15) is 46.7 Å². The van der Waals surface area contributed by atoms with Crippen LogP contribution in [-0.4, -0.2) is 40.3 Å². The zero-order valence-electron chi connectivity index (χ0n) is 20.1. The summed E-state index contributed by atoms with van der Waals surface area (Å²) in [5.41, 5.74) is 2.58. The molecule has 3 aromatic rings. The van der Waals surface area contributed by atoms with Crippen molar-refractivity contribution >= 4 is 17.7 Å².